The number of halogens is 1. The number of carbonyl (C=O) groups is 2. The van der Waals surface area contributed by atoms with Gasteiger partial charge in [-0.2, -0.15) is 0 Å². The zero-order valence-electron chi connectivity index (χ0n) is 16.4. The minimum atomic E-state index is -0.409. The maximum Gasteiger partial charge on any atom is 0.269 e. The Balaban J connectivity index is 1.36. The summed E-state index contributed by atoms with van der Waals surface area (Å²) in [5.41, 5.74) is 8.60. The lowest BCUT2D eigenvalue weighted by Gasteiger charge is -2.11. The zero-order chi connectivity index (χ0) is 21.6. The predicted octanol–water partition coefficient (Wildman–Crippen LogP) is 4.64. The molecule has 154 valence electrons. The van der Waals surface area contributed by atoms with Crippen LogP contribution in [0.15, 0.2) is 85.1 Å². The molecule has 4 aromatic rings. The third-order valence-corrected chi connectivity index (χ3v) is 5.07. The fraction of sp³-hybridized carbons (Fsp3) is 0.0417. The molecule has 7 heteroatoms. The summed E-state index contributed by atoms with van der Waals surface area (Å²) >= 11 is 6.06. The van der Waals surface area contributed by atoms with E-state index in [9.17, 15) is 9.59 Å². The highest BCUT2D eigenvalue weighted by molar-refractivity contribution is 6.31. The van der Waals surface area contributed by atoms with Crippen molar-refractivity contribution < 1.29 is 9.59 Å². The highest BCUT2D eigenvalue weighted by Crippen LogP contribution is 2.25. The molecule has 0 saturated heterocycles. The summed E-state index contributed by atoms with van der Waals surface area (Å²) in [6.07, 6.45) is 1.82. The summed E-state index contributed by atoms with van der Waals surface area (Å²) in [5.74, 6) is -0.766. The minimum absolute atomic E-state index is 0.0721. The molecule has 3 N–H and O–H groups in total. The lowest BCUT2D eigenvalue weighted by molar-refractivity contribution is -0.121. The Morgan fingerprint density at radius 2 is 1.58 bits per heavy atom. The number of para-hydroxylation sites is 1. The second-order valence-corrected chi connectivity index (χ2v) is 7.26. The molecule has 4 rings (SSSR count). The largest absolute Gasteiger partial charge is 0.355 e. The zero-order valence-corrected chi connectivity index (χ0v) is 17.2. The Hall–Kier alpha value is -3.90. The predicted molar refractivity (Wildman–Crippen MR) is 122 cm³/mol. The summed E-state index contributed by atoms with van der Waals surface area (Å²) in [6.45, 7) is 0. The monoisotopic (exact) mass is 430 g/mol. The third-order valence-electron chi connectivity index (χ3n) is 4.70. The van der Waals surface area contributed by atoms with Crippen LogP contribution in [0.1, 0.15) is 15.9 Å². The van der Waals surface area contributed by atoms with Gasteiger partial charge in [0.15, 0.2) is 0 Å². The molecular formula is C24H19ClN4O2. The number of pyridine rings is 1. The number of hydrazine groups is 1. The summed E-state index contributed by atoms with van der Waals surface area (Å²) in [5, 5.41) is 4.86. The first-order chi connectivity index (χ1) is 15.1. The van der Waals surface area contributed by atoms with Crippen molar-refractivity contribution in [1.29, 1.82) is 0 Å². The van der Waals surface area contributed by atoms with Crippen LogP contribution in [0.25, 0.3) is 10.9 Å². The van der Waals surface area contributed by atoms with Crippen LogP contribution in [0.5, 0.6) is 0 Å². The van der Waals surface area contributed by atoms with Crippen LogP contribution in [-0.4, -0.2) is 16.8 Å². The van der Waals surface area contributed by atoms with Crippen LogP contribution in [0.2, 0.25) is 5.02 Å². The first-order valence-corrected chi connectivity index (χ1v) is 10.0. The SMILES string of the molecule is O=C(Cc1ccccc1Cl)NNC(=O)c1ccc(Nc2ccnc3ccccc23)cc1. The number of amides is 2. The van der Waals surface area contributed by atoms with Crippen molar-refractivity contribution in [3.8, 4) is 0 Å². The number of benzene rings is 3. The van der Waals surface area contributed by atoms with E-state index in [0.29, 0.717) is 16.1 Å². The first kappa shape index (κ1) is 20.4. The lowest BCUT2D eigenvalue weighted by Crippen LogP contribution is -2.42. The highest BCUT2D eigenvalue weighted by atomic mass is 35.5. The number of aromatic nitrogens is 1. The van der Waals surface area contributed by atoms with Gasteiger partial charge in [0.25, 0.3) is 5.91 Å². The van der Waals surface area contributed by atoms with E-state index in [-0.39, 0.29) is 12.3 Å². The minimum Gasteiger partial charge on any atom is -0.355 e. The van der Waals surface area contributed by atoms with Crippen LogP contribution >= 0.6 is 11.6 Å². The Kier molecular flexibility index (Phi) is 6.10. The molecule has 0 radical (unpaired) electrons. The fourth-order valence-corrected chi connectivity index (χ4v) is 3.33. The van der Waals surface area contributed by atoms with Crippen molar-refractivity contribution in [3.63, 3.8) is 0 Å². The van der Waals surface area contributed by atoms with Gasteiger partial charge in [0.1, 0.15) is 0 Å². The molecule has 0 aliphatic carbocycles. The molecule has 0 atom stereocenters. The topological polar surface area (TPSA) is 83.1 Å². The van der Waals surface area contributed by atoms with E-state index >= 15 is 0 Å². The van der Waals surface area contributed by atoms with Crippen molar-refractivity contribution in [1.82, 2.24) is 15.8 Å². The first-order valence-electron chi connectivity index (χ1n) is 9.63. The van der Waals surface area contributed by atoms with E-state index < -0.39 is 5.91 Å². The molecular weight excluding hydrogens is 412 g/mol. The summed E-state index contributed by atoms with van der Waals surface area (Å²) in [6, 6.07) is 23.8. The van der Waals surface area contributed by atoms with E-state index in [4.69, 9.17) is 11.6 Å². The lowest BCUT2D eigenvalue weighted by atomic mass is 10.1. The number of hydrogen-bond acceptors (Lipinski definition) is 4. The van der Waals surface area contributed by atoms with E-state index in [1.165, 1.54) is 0 Å². The molecule has 0 fully saturated rings. The van der Waals surface area contributed by atoms with Crippen molar-refractivity contribution in [2.75, 3.05) is 5.32 Å². The maximum atomic E-state index is 12.3. The fourth-order valence-electron chi connectivity index (χ4n) is 3.12. The molecule has 0 unspecified atom stereocenters. The number of anilines is 2. The van der Waals surface area contributed by atoms with E-state index in [0.717, 1.165) is 22.3 Å². The molecule has 0 aliphatic heterocycles. The van der Waals surface area contributed by atoms with Gasteiger partial charge in [-0.3, -0.25) is 25.4 Å². The van der Waals surface area contributed by atoms with Gasteiger partial charge in [0.2, 0.25) is 5.91 Å². The van der Waals surface area contributed by atoms with Gasteiger partial charge in [0, 0.05) is 33.5 Å². The molecule has 0 saturated carbocycles. The van der Waals surface area contributed by atoms with Gasteiger partial charge in [-0.05, 0) is 48.0 Å². The van der Waals surface area contributed by atoms with Gasteiger partial charge in [0.05, 0.1) is 11.9 Å². The number of carbonyl (C=O) groups excluding carboxylic acids is 2. The van der Waals surface area contributed by atoms with Crippen LogP contribution < -0.4 is 16.2 Å². The van der Waals surface area contributed by atoms with Gasteiger partial charge in [-0.25, -0.2) is 0 Å². The third kappa shape index (κ3) is 4.99. The van der Waals surface area contributed by atoms with Crippen LogP contribution in [-0.2, 0) is 11.2 Å². The Bertz CT molecular complexity index is 1240. The van der Waals surface area contributed by atoms with E-state index in [2.05, 4.69) is 21.2 Å². The van der Waals surface area contributed by atoms with Crippen molar-refractivity contribution in [2.45, 2.75) is 6.42 Å². The molecule has 3 aromatic carbocycles. The van der Waals surface area contributed by atoms with Crippen molar-refractivity contribution >= 4 is 45.7 Å². The smallest absolute Gasteiger partial charge is 0.269 e. The second-order valence-electron chi connectivity index (χ2n) is 6.85. The van der Waals surface area contributed by atoms with Crippen LogP contribution in [0, 0.1) is 0 Å². The molecule has 2 amide bonds. The summed E-state index contributed by atoms with van der Waals surface area (Å²) < 4.78 is 0. The average molecular weight is 431 g/mol. The standard InChI is InChI=1S/C24H19ClN4O2/c25-20-7-3-1-5-17(20)15-23(30)28-29-24(31)16-9-11-18(12-10-16)27-22-13-14-26-21-8-4-2-6-19(21)22/h1-14H,15H2,(H,26,27)(H,28,30)(H,29,31). The van der Waals surface area contributed by atoms with E-state index in [1.54, 1.807) is 54.7 Å². The summed E-state index contributed by atoms with van der Waals surface area (Å²) in [7, 11) is 0. The molecule has 0 spiro atoms. The van der Waals surface area contributed by atoms with Crippen LogP contribution in [0.4, 0.5) is 11.4 Å². The molecule has 0 bridgehead atoms. The quantitative estimate of drug-likeness (QED) is 0.403. The normalized spacial score (nSPS) is 10.5. The maximum absolute atomic E-state index is 12.3. The average Bonchev–Trinajstić information content (AvgIpc) is 2.80. The molecule has 31 heavy (non-hydrogen) atoms. The van der Waals surface area contributed by atoms with Gasteiger partial charge in [-0.1, -0.05) is 48.0 Å². The highest BCUT2D eigenvalue weighted by Gasteiger charge is 2.10. The van der Waals surface area contributed by atoms with Gasteiger partial charge in [-0.15, -0.1) is 0 Å². The van der Waals surface area contributed by atoms with Crippen LogP contribution in [0.3, 0.4) is 0 Å². The Morgan fingerprint density at radius 3 is 2.39 bits per heavy atom. The Morgan fingerprint density at radius 1 is 0.839 bits per heavy atom. The number of fused-ring (bicyclic) bond motifs is 1. The number of nitrogens with one attached hydrogen (secondary N) is 3. The van der Waals surface area contributed by atoms with E-state index in [1.807, 2.05) is 30.3 Å². The summed E-state index contributed by atoms with van der Waals surface area (Å²) in [4.78, 5) is 28.7. The molecule has 1 aromatic heterocycles. The van der Waals surface area contributed by atoms with Crippen molar-refractivity contribution in [2.24, 2.45) is 0 Å². The van der Waals surface area contributed by atoms with Crippen molar-refractivity contribution in [3.05, 3.63) is 101 Å². The Labute approximate surface area is 184 Å². The molecule has 6 nitrogen and oxygen atoms in total. The number of rotatable bonds is 5. The van der Waals surface area contributed by atoms with Gasteiger partial charge >= 0.3 is 0 Å². The van der Waals surface area contributed by atoms with Gasteiger partial charge < -0.3 is 5.32 Å². The molecule has 1 heterocycles. The number of nitrogens with zero attached hydrogens (tertiary/aromatic N) is 1. The molecule has 0 aliphatic rings. The number of hydrogen-bond donors (Lipinski definition) is 3. The second kappa shape index (κ2) is 9.28.